The molecule has 0 saturated heterocycles. The summed E-state index contributed by atoms with van der Waals surface area (Å²) in [7, 11) is 0. The molecule has 0 saturated carbocycles. The fourth-order valence-corrected chi connectivity index (χ4v) is 0.887. The van der Waals surface area contributed by atoms with Crippen molar-refractivity contribution in [3.8, 4) is 5.88 Å². The Kier molecular flexibility index (Phi) is 3.71. The van der Waals surface area contributed by atoms with E-state index in [0.29, 0.717) is 17.6 Å². The first-order valence-corrected chi connectivity index (χ1v) is 4.31. The fraction of sp³-hybridized carbons (Fsp3) is 0.333. The molecule has 0 aromatic carbocycles. The molecular weight excluding hydrogens is 188 g/mol. The van der Waals surface area contributed by atoms with Gasteiger partial charge in [0.25, 0.3) is 5.88 Å². The molecule has 0 aliphatic rings. The van der Waals surface area contributed by atoms with Gasteiger partial charge in [-0.15, -0.1) is 6.58 Å². The zero-order valence-corrected chi connectivity index (χ0v) is 8.21. The molecule has 70 valence electrons. The van der Waals surface area contributed by atoms with Crippen LogP contribution < -0.4 is 4.74 Å². The molecule has 0 aliphatic carbocycles. The molecule has 1 rings (SSSR count). The minimum atomic E-state index is 0.296. The molecule has 0 N–H and O–H groups in total. The molecular formula is C9H11ClN2O. The highest BCUT2D eigenvalue weighted by Crippen LogP contribution is 2.17. The third kappa shape index (κ3) is 3.42. The van der Waals surface area contributed by atoms with E-state index in [9.17, 15) is 0 Å². The van der Waals surface area contributed by atoms with Crippen LogP contribution in [0.4, 0.5) is 0 Å². The van der Waals surface area contributed by atoms with Crippen LogP contribution in [0.5, 0.6) is 5.88 Å². The van der Waals surface area contributed by atoms with Gasteiger partial charge in [-0.2, -0.15) is 0 Å². The lowest BCUT2D eigenvalue weighted by molar-refractivity contribution is 0.308. The molecule has 0 aliphatic heterocycles. The van der Waals surface area contributed by atoms with Gasteiger partial charge in [0.2, 0.25) is 0 Å². The molecule has 0 atom stereocenters. The summed E-state index contributed by atoms with van der Waals surface area (Å²) in [6.07, 6.45) is 3.86. The predicted octanol–water partition coefficient (Wildman–Crippen LogP) is 2.48. The van der Waals surface area contributed by atoms with Gasteiger partial charge in [0.15, 0.2) is 5.15 Å². The fourth-order valence-electron chi connectivity index (χ4n) is 0.727. The molecule has 0 amide bonds. The quantitative estimate of drug-likeness (QED) is 0.698. The summed E-state index contributed by atoms with van der Waals surface area (Å²) in [5.74, 6) is 0.380. The van der Waals surface area contributed by atoms with Crippen LogP contribution in [0.3, 0.4) is 0 Å². The van der Waals surface area contributed by atoms with E-state index in [1.807, 2.05) is 6.92 Å². The van der Waals surface area contributed by atoms with E-state index in [-0.39, 0.29) is 0 Å². The lowest BCUT2D eigenvalue weighted by Crippen LogP contribution is -2.00. The van der Waals surface area contributed by atoms with Crippen molar-refractivity contribution in [2.75, 3.05) is 6.61 Å². The van der Waals surface area contributed by atoms with Crippen molar-refractivity contribution in [1.29, 1.82) is 0 Å². The Morgan fingerprint density at radius 2 is 2.23 bits per heavy atom. The summed E-state index contributed by atoms with van der Waals surface area (Å²) in [6, 6.07) is 0. The first kappa shape index (κ1) is 9.99. The van der Waals surface area contributed by atoms with Crippen molar-refractivity contribution in [3.63, 3.8) is 0 Å². The first-order chi connectivity index (χ1) is 6.20. The molecule has 0 unspecified atom stereocenters. The molecule has 0 spiro atoms. The molecule has 0 fully saturated rings. The van der Waals surface area contributed by atoms with Crippen LogP contribution in [-0.4, -0.2) is 16.6 Å². The highest BCUT2D eigenvalue weighted by atomic mass is 35.5. The number of hydrogen-bond acceptors (Lipinski definition) is 3. The number of rotatable bonds is 4. The summed E-state index contributed by atoms with van der Waals surface area (Å²) < 4.78 is 5.28. The molecule has 1 aromatic rings. The smallest absolute Gasteiger partial charge is 0.252 e. The molecule has 4 heteroatoms. The maximum Gasteiger partial charge on any atom is 0.252 e. The normalized spacial score (nSPS) is 9.69. The van der Waals surface area contributed by atoms with Gasteiger partial charge in [0.1, 0.15) is 0 Å². The van der Waals surface area contributed by atoms with E-state index < -0.39 is 0 Å². The number of ether oxygens (including phenoxy) is 1. The number of halogens is 1. The lowest BCUT2D eigenvalue weighted by Gasteiger charge is -2.04. The van der Waals surface area contributed by atoms with E-state index in [2.05, 4.69) is 16.5 Å². The second-order valence-corrected chi connectivity index (χ2v) is 3.07. The highest BCUT2D eigenvalue weighted by Gasteiger charge is 2.01. The molecule has 0 bridgehead atoms. The Morgan fingerprint density at radius 1 is 1.54 bits per heavy atom. The minimum absolute atomic E-state index is 0.296. The standard InChI is InChI=1S/C9H11ClN2O/c1-7(2)3-6-13-9-8(10)11-4-5-12-9/h4-5H,1,3,6H2,2H3. The highest BCUT2D eigenvalue weighted by molar-refractivity contribution is 6.30. The number of nitrogens with zero attached hydrogens (tertiary/aromatic N) is 2. The second-order valence-electron chi connectivity index (χ2n) is 2.71. The van der Waals surface area contributed by atoms with Gasteiger partial charge in [-0.25, -0.2) is 9.97 Å². The van der Waals surface area contributed by atoms with Crippen molar-refractivity contribution in [2.45, 2.75) is 13.3 Å². The molecule has 1 heterocycles. The van der Waals surface area contributed by atoms with Crippen molar-refractivity contribution in [3.05, 3.63) is 29.7 Å². The Balaban J connectivity index is 2.45. The monoisotopic (exact) mass is 198 g/mol. The van der Waals surface area contributed by atoms with Crippen LogP contribution in [0.15, 0.2) is 24.5 Å². The van der Waals surface area contributed by atoms with Gasteiger partial charge in [0.05, 0.1) is 6.61 Å². The number of aromatic nitrogens is 2. The van der Waals surface area contributed by atoms with Crippen molar-refractivity contribution in [2.24, 2.45) is 0 Å². The Bertz CT molecular complexity index is 301. The zero-order chi connectivity index (χ0) is 9.68. The second kappa shape index (κ2) is 4.82. The molecule has 1 aromatic heterocycles. The predicted molar refractivity (Wildman–Crippen MR) is 52.0 cm³/mol. The summed E-state index contributed by atoms with van der Waals surface area (Å²) in [6.45, 7) is 6.24. The summed E-state index contributed by atoms with van der Waals surface area (Å²) in [4.78, 5) is 7.76. The van der Waals surface area contributed by atoms with Gasteiger partial charge in [-0.3, -0.25) is 0 Å². The molecule has 3 nitrogen and oxygen atoms in total. The van der Waals surface area contributed by atoms with Crippen LogP contribution in [0.25, 0.3) is 0 Å². The van der Waals surface area contributed by atoms with Crippen LogP contribution in [-0.2, 0) is 0 Å². The third-order valence-electron chi connectivity index (χ3n) is 1.39. The van der Waals surface area contributed by atoms with Crippen LogP contribution in [0, 0.1) is 0 Å². The van der Waals surface area contributed by atoms with Crippen LogP contribution in [0.1, 0.15) is 13.3 Å². The minimum Gasteiger partial charge on any atom is -0.475 e. The van der Waals surface area contributed by atoms with Crippen LogP contribution in [0.2, 0.25) is 5.15 Å². The Hall–Kier alpha value is -1.09. The van der Waals surface area contributed by atoms with E-state index >= 15 is 0 Å². The third-order valence-corrected chi connectivity index (χ3v) is 1.65. The zero-order valence-electron chi connectivity index (χ0n) is 7.46. The maximum atomic E-state index is 5.72. The van der Waals surface area contributed by atoms with Crippen molar-refractivity contribution in [1.82, 2.24) is 9.97 Å². The number of hydrogen-bond donors (Lipinski definition) is 0. The van der Waals surface area contributed by atoms with Gasteiger partial charge < -0.3 is 4.74 Å². The van der Waals surface area contributed by atoms with E-state index in [0.717, 1.165) is 12.0 Å². The first-order valence-electron chi connectivity index (χ1n) is 3.94. The largest absolute Gasteiger partial charge is 0.475 e. The average molecular weight is 199 g/mol. The summed E-state index contributed by atoms with van der Waals surface area (Å²) >= 11 is 5.72. The molecule has 0 radical (unpaired) electrons. The Morgan fingerprint density at radius 3 is 2.85 bits per heavy atom. The van der Waals surface area contributed by atoms with E-state index in [1.165, 1.54) is 6.20 Å². The summed E-state index contributed by atoms with van der Waals surface area (Å²) in [5.41, 5.74) is 1.07. The van der Waals surface area contributed by atoms with Gasteiger partial charge in [0, 0.05) is 18.8 Å². The SMILES string of the molecule is C=C(C)CCOc1nccnc1Cl. The Labute approximate surface area is 82.4 Å². The lowest BCUT2D eigenvalue weighted by atomic mass is 10.3. The van der Waals surface area contributed by atoms with Gasteiger partial charge in [-0.05, 0) is 6.92 Å². The van der Waals surface area contributed by atoms with Crippen molar-refractivity contribution < 1.29 is 4.74 Å². The van der Waals surface area contributed by atoms with Gasteiger partial charge in [-0.1, -0.05) is 17.2 Å². The maximum absolute atomic E-state index is 5.72. The van der Waals surface area contributed by atoms with E-state index in [1.54, 1.807) is 6.20 Å². The average Bonchev–Trinajstić information content (AvgIpc) is 2.08. The van der Waals surface area contributed by atoms with Crippen LogP contribution >= 0.6 is 11.6 Å². The van der Waals surface area contributed by atoms with Gasteiger partial charge >= 0.3 is 0 Å². The summed E-state index contributed by atoms with van der Waals surface area (Å²) in [5, 5.41) is 0.296. The van der Waals surface area contributed by atoms with Crippen molar-refractivity contribution >= 4 is 11.6 Å². The molecule has 13 heavy (non-hydrogen) atoms. The van der Waals surface area contributed by atoms with E-state index in [4.69, 9.17) is 16.3 Å². The topological polar surface area (TPSA) is 35.0 Å².